The van der Waals surface area contributed by atoms with Gasteiger partial charge in [0.2, 0.25) is 0 Å². The molecule has 0 fully saturated rings. The maximum atomic E-state index is 12.0. The SMILES string of the molecule is CNCc1cn[nH]c1S(=O)(=O)NCCOC(C)C. The second kappa shape index (κ2) is 6.83. The Morgan fingerprint density at radius 2 is 2.22 bits per heavy atom. The van der Waals surface area contributed by atoms with Gasteiger partial charge in [-0.1, -0.05) is 0 Å². The fourth-order valence-corrected chi connectivity index (χ4v) is 2.53. The molecule has 18 heavy (non-hydrogen) atoms. The standard InChI is InChI=1S/C10H20N4O3S/c1-8(2)17-5-4-13-18(15,16)10-9(6-11-3)7-12-14-10/h7-8,11,13H,4-6H2,1-3H3,(H,12,14). The minimum Gasteiger partial charge on any atom is -0.377 e. The fourth-order valence-electron chi connectivity index (χ4n) is 1.39. The molecule has 0 saturated carbocycles. The molecule has 0 radical (unpaired) electrons. The van der Waals surface area contributed by atoms with Crippen LogP contribution in [0.4, 0.5) is 0 Å². The lowest BCUT2D eigenvalue weighted by molar-refractivity contribution is 0.0833. The van der Waals surface area contributed by atoms with E-state index < -0.39 is 10.0 Å². The van der Waals surface area contributed by atoms with Gasteiger partial charge in [-0.25, -0.2) is 13.1 Å². The maximum Gasteiger partial charge on any atom is 0.257 e. The number of nitrogens with one attached hydrogen (secondary N) is 3. The van der Waals surface area contributed by atoms with Gasteiger partial charge < -0.3 is 10.1 Å². The van der Waals surface area contributed by atoms with Gasteiger partial charge in [-0.3, -0.25) is 5.10 Å². The van der Waals surface area contributed by atoms with Crippen LogP contribution < -0.4 is 10.0 Å². The number of nitrogens with zero attached hydrogens (tertiary/aromatic N) is 1. The van der Waals surface area contributed by atoms with E-state index in [0.29, 0.717) is 18.7 Å². The highest BCUT2D eigenvalue weighted by atomic mass is 32.2. The summed E-state index contributed by atoms with van der Waals surface area (Å²) < 4.78 is 31.7. The predicted molar refractivity (Wildman–Crippen MR) is 67.6 cm³/mol. The quantitative estimate of drug-likeness (QED) is 0.573. The van der Waals surface area contributed by atoms with Crippen LogP contribution in [0.2, 0.25) is 0 Å². The second-order valence-corrected chi connectivity index (χ2v) is 5.78. The van der Waals surface area contributed by atoms with Crippen molar-refractivity contribution < 1.29 is 13.2 Å². The van der Waals surface area contributed by atoms with Crippen molar-refractivity contribution >= 4 is 10.0 Å². The van der Waals surface area contributed by atoms with Gasteiger partial charge in [-0.15, -0.1) is 0 Å². The molecule has 0 bridgehead atoms. The number of aromatic nitrogens is 2. The van der Waals surface area contributed by atoms with E-state index in [1.165, 1.54) is 6.20 Å². The third-order valence-electron chi connectivity index (χ3n) is 2.16. The summed E-state index contributed by atoms with van der Waals surface area (Å²) in [4.78, 5) is 0. The van der Waals surface area contributed by atoms with Crippen LogP contribution in [-0.2, 0) is 21.3 Å². The highest BCUT2D eigenvalue weighted by molar-refractivity contribution is 7.89. The Kier molecular flexibility index (Phi) is 5.73. The van der Waals surface area contributed by atoms with E-state index in [9.17, 15) is 8.42 Å². The fraction of sp³-hybridized carbons (Fsp3) is 0.700. The zero-order valence-electron chi connectivity index (χ0n) is 10.9. The van der Waals surface area contributed by atoms with Crippen LogP contribution >= 0.6 is 0 Å². The highest BCUT2D eigenvalue weighted by Gasteiger charge is 2.19. The third kappa shape index (κ3) is 4.37. The van der Waals surface area contributed by atoms with Crippen molar-refractivity contribution in [3.8, 4) is 0 Å². The molecular weight excluding hydrogens is 256 g/mol. The lowest BCUT2D eigenvalue weighted by Gasteiger charge is -2.09. The molecule has 1 aromatic rings. The number of hydrogen-bond acceptors (Lipinski definition) is 5. The molecule has 0 aliphatic rings. The van der Waals surface area contributed by atoms with E-state index in [1.807, 2.05) is 13.8 Å². The van der Waals surface area contributed by atoms with E-state index in [-0.39, 0.29) is 17.7 Å². The zero-order valence-corrected chi connectivity index (χ0v) is 11.7. The number of aromatic amines is 1. The molecule has 3 N–H and O–H groups in total. The molecule has 1 aromatic heterocycles. The van der Waals surface area contributed by atoms with Gasteiger partial charge in [0.25, 0.3) is 10.0 Å². The molecule has 0 aliphatic carbocycles. The Bertz CT molecular complexity index is 455. The summed E-state index contributed by atoms with van der Waals surface area (Å²) in [5, 5.41) is 9.23. The van der Waals surface area contributed by atoms with Crippen molar-refractivity contribution in [1.82, 2.24) is 20.2 Å². The lowest BCUT2D eigenvalue weighted by atomic mass is 10.4. The molecule has 0 amide bonds. The Labute approximate surface area is 107 Å². The Morgan fingerprint density at radius 1 is 1.50 bits per heavy atom. The molecule has 1 heterocycles. The number of sulfonamides is 1. The summed E-state index contributed by atoms with van der Waals surface area (Å²) in [5.41, 5.74) is 0.606. The summed E-state index contributed by atoms with van der Waals surface area (Å²) in [6, 6.07) is 0. The predicted octanol–water partition coefficient (Wildman–Crippen LogP) is -0.168. The Hall–Kier alpha value is -0.960. The first kappa shape index (κ1) is 15.1. The van der Waals surface area contributed by atoms with Crippen LogP contribution in [0.25, 0.3) is 0 Å². The van der Waals surface area contributed by atoms with Gasteiger partial charge in [0, 0.05) is 18.7 Å². The molecule has 7 nitrogen and oxygen atoms in total. The summed E-state index contributed by atoms with van der Waals surface area (Å²) in [6.45, 7) is 4.81. The van der Waals surface area contributed by atoms with Gasteiger partial charge in [-0.05, 0) is 20.9 Å². The number of rotatable bonds is 8. The van der Waals surface area contributed by atoms with E-state index >= 15 is 0 Å². The average molecular weight is 276 g/mol. The third-order valence-corrected chi connectivity index (χ3v) is 3.63. The monoisotopic (exact) mass is 276 g/mol. The van der Waals surface area contributed by atoms with Crippen molar-refractivity contribution in [2.24, 2.45) is 0 Å². The molecule has 0 aliphatic heterocycles. The van der Waals surface area contributed by atoms with Gasteiger partial charge in [0.05, 0.1) is 18.9 Å². The van der Waals surface area contributed by atoms with Crippen LogP contribution in [0.3, 0.4) is 0 Å². The Morgan fingerprint density at radius 3 is 2.83 bits per heavy atom. The Balaban J connectivity index is 2.60. The first-order valence-electron chi connectivity index (χ1n) is 5.75. The zero-order chi connectivity index (χ0) is 13.6. The van der Waals surface area contributed by atoms with E-state index in [0.717, 1.165) is 0 Å². The smallest absolute Gasteiger partial charge is 0.257 e. The van der Waals surface area contributed by atoms with E-state index in [1.54, 1.807) is 7.05 Å². The van der Waals surface area contributed by atoms with E-state index in [4.69, 9.17) is 4.74 Å². The van der Waals surface area contributed by atoms with Crippen LogP contribution in [0.1, 0.15) is 19.4 Å². The first-order valence-corrected chi connectivity index (χ1v) is 7.23. The molecule has 8 heteroatoms. The van der Waals surface area contributed by atoms with Gasteiger partial charge in [0.15, 0.2) is 5.03 Å². The number of hydrogen-bond donors (Lipinski definition) is 3. The van der Waals surface area contributed by atoms with Crippen LogP contribution in [0.5, 0.6) is 0 Å². The van der Waals surface area contributed by atoms with Crippen LogP contribution in [0, 0.1) is 0 Å². The van der Waals surface area contributed by atoms with E-state index in [2.05, 4.69) is 20.2 Å². The van der Waals surface area contributed by atoms with Gasteiger partial charge >= 0.3 is 0 Å². The molecule has 0 spiro atoms. The van der Waals surface area contributed by atoms with Crippen LogP contribution in [-0.4, -0.2) is 44.9 Å². The lowest BCUT2D eigenvalue weighted by Crippen LogP contribution is -2.29. The number of ether oxygens (including phenoxy) is 1. The number of H-pyrrole nitrogens is 1. The molecule has 0 unspecified atom stereocenters. The second-order valence-electron chi connectivity index (χ2n) is 4.07. The minimum atomic E-state index is -3.56. The van der Waals surface area contributed by atoms with Gasteiger partial charge in [-0.2, -0.15) is 5.10 Å². The van der Waals surface area contributed by atoms with Crippen LogP contribution in [0.15, 0.2) is 11.2 Å². The minimum absolute atomic E-state index is 0.0847. The van der Waals surface area contributed by atoms with Crippen molar-refractivity contribution in [2.45, 2.75) is 31.5 Å². The van der Waals surface area contributed by atoms with Crippen molar-refractivity contribution in [3.63, 3.8) is 0 Å². The topological polar surface area (TPSA) is 96.1 Å². The van der Waals surface area contributed by atoms with Crippen molar-refractivity contribution in [1.29, 1.82) is 0 Å². The summed E-state index contributed by atoms with van der Waals surface area (Å²) in [7, 11) is -1.81. The first-order chi connectivity index (χ1) is 8.47. The summed E-state index contributed by atoms with van der Waals surface area (Å²) in [6.07, 6.45) is 1.58. The maximum absolute atomic E-state index is 12.0. The highest BCUT2D eigenvalue weighted by Crippen LogP contribution is 2.10. The van der Waals surface area contributed by atoms with Gasteiger partial charge in [0.1, 0.15) is 0 Å². The summed E-state index contributed by atoms with van der Waals surface area (Å²) in [5.74, 6) is 0. The molecule has 0 atom stereocenters. The largest absolute Gasteiger partial charge is 0.377 e. The molecule has 104 valence electrons. The molecule has 0 aromatic carbocycles. The normalized spacial score (nSPS) is 12.2. The van der Waals surface area contributed by atoms with Crippen molar-refractivity contribution in [3.05, 3.63) is 11.8 Å². The average Bonchev–Trinajstić information content (AvgIpc) is 2.74. The molecule has 1 rings (SSSR count). The summed E-state index contributed by atoms with van der Waals surface area (Å²) >= 11 is 0. The molecule has 0 saturated heterocycles. The van der Waals surface area contributed by atoms with Crippen molar-refractivity contribution in [2.75, 3.05) is 20.2 Å². The molecular formula is C10H20N4O3S.